The zero-order valence-electron chi connectivity index (χ0n) is 14.3. The van der Waals surface area contributed by atoms with Crippen LogP contribution in [0.25, 0.3) is 0 Å². The number of benzene rings is 2. The summed E-state index contributed by atoms with van der Waals surface area (Å²) < 4.78 is 14.6. The molecule has 1 amide bonds. The van der Waals surface area contributed by atoms with Crippen LogP contribution in [0.4, 0.5) is 4.39 Å². The molecule has 0 spiro atoms. The van der Waals surface area contributed by atoms with Crippen molar-refractivity contribution in [1.29, 1.82) is 0 Å². The number of carbonyl (C=O) groups is 1. The van der Waals surface area contributed by atoms with Crippen molar-refractivity contribution < 1.29 is 9.18 Å². The van der Waals surface area contributed by atoms with Crippen LogP contribution in [0, 0.1) is 12.7 Å². The normalized spacial score (nSPS) is 11.1. The third-order valence-electron chi connectivity index (χ3n) is 3.83. The summed E-state index contributed by atoms with van der Waals surface area (Å²) in [4.78, 5) is 12.1. The average Bonchev–Trinajstić information content (AvgIpc) is 2.91. The fraction of sp³-hybridized carbons (Fsp3) is 0.105. The SMILES string of the molecule is Cc1nn(Cc2ccc(F)cc2)c(Cl)c1C=NNC(=O)c1ccccc1Cl. The number of aryl methyl sites for hydroxylation is 1. The van der Waals surface area contributed by atoms with Crippen LogP contribution in [0.3, 0.4) is 0 Å². The van der Waals surface area contributed by atoms with E-state index in [1.165, 1.54) is 18.3 Å². The summed E-state index contributed by atoms with van der Waals surface area (Å²) in [5.74, 6) is -0.729. The zero-order valence-corrected chi connectivity index (χ0v) is 15.8. The first-order chi connectivity index (χ1) is 13.0. The van der Waals surface area contributed by atoms with Crippen molar-refractivity contribution in [2.24, 2.45) is 5.10 Å². The topological polar surface area (TPSA) is 59.3 Å². The fourth-order valence-electron chi connectivity index (χ4n) is 2.44. The molecule has 0 aliphatic carbocycles. The molecule has 2 aromatic carbocycles. The van der Waals surface area contributed by atoms with Gasteiger partial charge in [0, 0.05) is 0 Å². The molecule has 0 saturated carbocycles. The number of nitrogens with one attached hydrogen (secondary N) is 1. The van der Waals surface area contributed by atoms with E-state index in [0.717, 1.165) is 5.56 Å². The van der Waals surface area contributed by atoms with Crippen LogP contribution in [0.5, 0.6) is 0 Å². The molecular weight excluding hydrogens is 390 g/mol. The number of nitrogens with zero attached hydrogens (tertiary/aromatic N) is 3. The van der Waals surface area contributed by atoms with Gasteiger partial charge in [-0.15, -0.1) is 0 Å². The van der Waals surface area contributed by atoms with Gasteiger partial charge in [-0.2, -0.15) is 10.2 Å². The van der Waals surface area contributed by atoms with Gasteiger partial charge in [0.15, 0.2) is 0 Å². The molecule has 3 aromatic rings. The number of amides is 1. The van der Waals surface area contributed by atoms with Gasteiger partial charge in [0.2, 0.25) is 0 Å². The standard InChI is InChI=1S/C19H15Cl2FN4O/c1-12-16(10-23-24-19(27)15-4-2-3-5-17(15)20)18(21)26(25-12)11-13-6-8-14(22)9-7-13/h2-10H,11H2,1H3,(H,24,27). The molecule has 0 aliphatic heterocycles. The Bertz CT molecular complexity index is 999. The van der Waals surface area contributed by atoms with Crippen LogP contribution >= 0.6 is 23.2 Å². The average molecular weight is 405 g/mol. The molecule has 5 nitrogen and oxygen atoms in total. The van der Waals surface area contributed by atoms with Crippen LogP contribution in [0.1, 0.15) is 27.2 Å². The lowest BCUT2D eigenvalue weighted by Gasteiger charge is -2.03. The second-order valence-corrected chi connectivity index (χ2v) is 6.52. The first-order valence-electron chi connectivity index (χ1n) is 8.01. The van der Waals surface area contributed by atoms with Gasteiger partial charge < -0.3 is 0 Å². The minimum Gasteiger partial charge on any atom is -0.267 e. The van der Waals surface area contributed by atoms with Gasteiger partial charge in [0.05, 0.1) is 34.6 Å². The number of hydrogen-bond donors (Lipinski definition) is 1. The number of aromatic nitrogens is 2. The Hall–Kier alpha value is -2.70. The maximum absolute atomic E-state index is 13.0. The highest BCUT2D eigenvalue weighted by Gasteiger charge is 2.13. The van der Waals surface area contributed by atoms with Crippen LogP contribution in [0.15, 0.2) is 53.6 Å². The highest BCUT2D eigenvalue weighted by molar-refractivity contribution is 6.34. The predicted molar refractivity (Wildman–Crippen MR) is 104 cm³/mol. The summed E-state index contributed by atoms with van der Waals surface area (Å²) in [5, 5.41) is 9.01. The fourth-order valence-corrected chi connectivity index (χ4v) is 2.95. The quantitative estimate of drug-likeness (QED) is 0.504. The maximum atomic E-state index is 13.0. The number of halogens is 3. The Morgan fingerprint density at radius 1 is 1.22 bits per heavy atom. The molecule has 0 atom stereocenters. The third kappa shape index (κ3) is 4.53. The minimum absolute atomic E-state index is 0.302. The highest BCUT2D eigenvalue weighted by Crippen LogP contribution is 2.19. The Morgan fingerprint density at radius 2 is 1.93 bits per heavy atom. The van der Waals surface area contributed by atoms with E-state index in [2.05, 4.69) is 15.6 Å². The van der Waals surface area contributed by atoms with Gasteiger partial charge in [-0.05, 0) is 36.8 Å². The number of carbonyl (C=O) groups excluding carboxylic acids is 1. The van der Waals surface area contributed by atoms with Crippen molar-refractivity contribution in [3.63, 3.8) is 0 Å². The first-order valence-corrected chi connectivity index (χ1v) is 8.76. The highest BCUT2D eigenvalue weighted by atomic mass is 35.5. The molecule has 0 aliphatic rings. The Balaban J connectivity index is 1.72. The molecule has 0 fully saturated rings. The van der Waals surface area contributed by atoms with Crippen molar-refractivity contribution in [2.45, 2.75) is 13.5 Å². The molecule has 8 heteroatoms. The number of hydrogen-bond acceptors (Lipinski definition) is 3. The molecule has 0 saturated heterocycles. The van der Waals surface area contributed by atoms with Crippen molar-refractivity contribution in [2.75, 3.05) is 0 Å². The van der Waals surface area contributed by atoms with E-state index < -0.39 is 5.91 Å². The molecule has 138 valence electrons. The van der Waals surface area contributed by atoms with E-state index in [1.807, 2.05) is 0 Å². The molecular formula is C19H15Cl2FN4O. The maximum Gasteiger partial charge on any atom is 0.272 e. The second kappa shape index (κ2) is 8.33. The minimum atomic E-state index is -0.427. The van der Waals surface area contributed by atoms with Crippen LogP contribution in [-0.4, -0.2) is 21.9 Å². The Kier molecular flexibility index (Phi) is 5.88. The van der Waals surface area contributed by atoms with Crippen molar-refractivity contribution >= 4 is 35.3 Å². The van der Waals surface area contributed by atoms with E-state index in [-0.39, 0.29) is 5.82 Å². The van der Waals surface area contributed by atoms with Crippen LogP contribution in [-0.2, 0) is 6.54 Å². The van der Waals surface area contributed by atoms with Gasteiger partial charge >= 0.3 is 0 Å². The van der Waals surface area contributed by atoms with E-state index in [4.69, 9.17) is 23.2 Å². The molecule has 0 unspecified atom stereocenters. The number of rotatable bonds is 5. The third-order valence-corrected chi connectivity index (χ3v) is 4.56. The number of hydrazone groups is 1. The van der Waals surface area contributed by atoms with Crippen LogP contribution in [0.2, 0.25) is 10.2 Å². The van der Waals surface area contributed by atoms with E-state index >= 15 is 0 Å². The summed E-state index contributed by atoms with van der Waals surface area (Å²) in [6.45, 7) is 2.17. The lowest BCUT2D eigenvalue weighted by Crippen LogP contribution is -2.18. The molecule has 27 heavy (non-hydrogen) atoms. The molecule has 1 heterocycles. The van der Waals surface area contributed by atoms with E-state index in [9.17, 15) is 9.18 Å². The first kappa shape index (κ1) is 19.1. The lowest BCUT2D eigenvalue weighted by molar-refractivity contribution is 0.0955. The summed E-state index contributed by atoms with van der Waals surface area (Å²) in [6.07, 6.45) is 1.43. The van der Waals surface area contributed by atoms with Gasteiger partial charge in [-0.3, -0.25) is 4.79 Å². The summed E-state index contributed by atoms with van der Waals surface area (Å²) in [6, 6.07) is 12.8. The summed E-state index contributed by atoms with van der Waals surface area (Å²) in [7, 11) is 0. The van der Waals surface area contributed by atoms with Gasteiger partial charge in [-0.25, -0.2) is 14.5 Å². The second-order valence-electron chi connectivity index (χ2n) is 5.75. The van der Waals surface area contributed by atoms with Gasteiger partial charge in [0.25, 0.3) is 5.91 Å². The molecule has 3 rings (SSSR count). The molecule has 1 N–H and O–H groups in total. The van der Waals surface area contributed by atoms with Crippen molar-refractivity contribution in [3.8, 4) is 0 Å². The Morgan fingerprint density at radius 3 is 2.63 bits per heavy atom. The monoisotopic (exact) mass is 404 g/mol. The van der Waals surface area contributed by atoms with E-state index in [1.54, 1.807) is 48.0 Å². The predicted octanol–water partition coefficient (Wildman–Crippen LogP) is 4.45. The van der Waals surface area contributed by atoms with Gasteiger partial charge in [-0.1, -0.05) is 47.5 Å². The molecule has 0 radical (unpaired) electrons. The smallest absolute Gasteiger partial charge is 0.267 e. The zero-order chi connectivity index (χ0) is 19.4. The largest absolute Gasteiger partial charge is 0.272 e. The summed E-state index contributed by atoms with van der Waals surface area (Å²) in [5.41, 5.74) is 4.83. The molecule has 0 bridgehead atoms. The van der Waals surface area contributed by atoms with Crippen molar-refractivity contribution in [3.05, 3.63) is 86.9 Å². The van der Waals surface area contributed by atoms with Crippen LogP contribution < -0.4 is 5.43 Å². The van der Waals surface area contributed by atoms with Crippen molar-refractivity contribution in [1.82, 2.24) is 15.2 Å². The Labute approximate surface area is 165 Å². The summed E-state index contributed by atoms with van der Waals surface area (Å²) >= 11 is 12.4. The van der Waals surface area contributed by atoms with E-state index in [0.29, 0.717) is 33.5 Å². The molecule has 1 aromatic heterocycles. The van der Waals surface area contributed by atoms with Gasteiger partial charge in [0.1, 0.15) is 11.0 Å². The lowest BCUT2D eigenvalue weighted by atomic mass is 10.2.